The van der Waals surface area contributed by atoms with Crippen LogP contribution in [-0.2, 0) is 6.54 Å². The van der Waals surface area contributed by atoms with Gasteiger partial charge in [0.2, 0.25) is 0 Å². The number of nitrogens with two attached hydrogens (primary N) is 1. The minimum atomic E-state index is -0.870. The molecule has 4 rings (SSSR count). The highest BCUT2D eigenvalue weighted by molar-refractivity contribution is 5.87. The van der Waals surface area contributed by atoms with Crippen LogP contribution in [0.25, 0.3) is 0 Å². The number of carbonyl (C=O) groups is 1. The third kappa shape index (κ3) is 6.19. The zero-order valence-electron chi connectivity index (χ0n) is 15.9. The normalized spacial score (nSPS) is 17.8. The molecule has 2 fully saturated rings. The highest BCUT2D eigenvalue weighted by atomic mass is 16.4. The van der Waals surface area contributed by atoms with Crippen molar-refractivity contribution in [3.8, 4) is 0 Å². The summed E-state index contributed by atoms with van der Waals surface area (Å²) in [6.07, 6.45) is 5.15. The highest BCUT2D eigenvalue weighted by Gasteiger charge is 2.22. The Hall–Kier alpha value is -2.17. The fourth-order valence-corrected chi connectivity index (χ4v) is 3.53. The summed E-state index contributed by atoms with van der Waals surface area (Å²) in [6.45, 7) is 3.86. The molecule has 1 heterocycles. The van der Waals surface area contributed by atoms with E-state index in [4.69, 9.17) is 10.8 Å². The van der Waals surface area contributed by atoms with Crippen LogP contribution in [0.15, 0.2) is 54.6 Å². The van der Waals surface area contributed by atoms with Crippen LogP contribution in [-0.4, -0.2) is 35.6 Å². The van der Waals surface area contributed by atoms with E-state index in [0.29, 0.717) is 11.5 Å². The molecule has 0 radical (unpaired) electrons. The number of nitrogens with zero attached hydrogens (tertiary/aromatic N) is 1. The van der Waals surface area contributed by atoms with E-state index in [9.17, 15) is 4.79 Å². The van der Waals surface area contributed by atoms with Crippen LogP contribution >= 0.6 is 0 Å². The molecular weight excluding hydrogens is 336 g/mol. The summed E-state index contributed by atoms with van der Waals surface area (Å²) >= 11 is 0. The fraction of sp³-hybridized carbons (Fsp3) is 0.435. The predicted octanol–water partition coefficient (Wildman–Crippen LogP) is 4.12. The number of benzene rings is 2. The average Bonchev–Trinajstić information content (AvgIpc) is 3.56. The van der Waals surface area contributed by atoms with Crippen molar-refractivity contribution in [3.05, 3.63) is 71.3 Å². The van der Waals surface area contributed by atoms with Gasteiger partial charge >= 0.3 is 5.97 Å². The van der Waals surface area contributed by atoms with E-state index in [0.717, 1.165) is 32.1 Å². The molecular formula is C23H30N2O2. The molecule has 4 nitrogen and oxygen atoms in total. The molecule has 1 aliphatic heterocycles. The van der Waals surface area contributed by atoms with Gasteiger partial charge in [-0.25, -0.2) is 4.79 Å². The molecule has 0 atom stereocenters. The van der Waals surface area contributed by atoms with Gasteiger partial charge in [0.25, 0.3) is 0 Å². The number of carboxylic acid groups (broad SMARTS) is 1. The Morgan fingerprint density at radius 2 is 1.59 bits per heavy atom. The van der Waals surface area contributed by atoms with Crippen LogP contribution < -0.4 is 5.73 Å². The molecule has 2 aromatic rings. The maximum absolute atomic E-state index is 10.7. The zero-order valence-corrected chi connectivity index (χ0v) is 15.9. The van der Waals surface area contributed by atoms with E-state index in [1.807, 2.05) is 12.1 Å². The molecule has 2 aliphatic rings. The first-order chi connectivity index (χ1) is 13.2. The van der Waals surface area contributed by atoms with E-state index in [-0.39, 0.29) is 0 Å². The quantitative estimate of drug-likeness (QED) is 0.835. The average molecular weight is 367 g/mol. The summed E-state index contributed by atoms with van der Waals surface area (Å²) in [5.74, 6) is 0.715. The molecule has 1 aliphatic carbocycles. The SMILES string of the molecule is NCC1CCN(Cc2ccc(C(=O)O)cc2)CC1.c1ccc(C2CC2)cc1. The third-order valence-electron chi connectivity index (χ3n) is 5.50. The topological polar surface area (TPSA) is 66.6 Å². The van der Waals surface area contributed by atoms with Gasteiger partial charge in [-0.2, -0.15) is 0 Å². The Balaban J connectivity index is 0.000000193. The molecule has 27 heavy (non-hydrogen) atoms. The van der Waals surface area contributed by atoms with Crippen molar-refractivity contribution in [3.63, 3.8) is 0 Å². The minimum absolute atomic E-state index is 0.348. The predicted molar refractivity (Wildman–Crippen MR) is 109 cm³/mol. The Labute approximate surface area is 162 Å². The van der Waals surface area contributed by atoms with Crippen LogP contribution in [0, 0.1) is 5.92 Å². The van der Waals surface area contributed by atoms with Crippen molar-refractivity contribution in [2.24, 2.45) is 11.7 Å². The van der Waals surface area contributed by atoms with Crippen molar-refractivity contribution in [2.45, 2.75) is 38.1 Å². The molecule has 1 saturated carbocycles. The van der Waals surface area contributed by atoms with Crippen LogP contribution in [0.2, 0.25) is 0 Å². The monoisotopic (exact) mass is 366 g/mol. The molecule has 144 valence electrons. The summed E-state index contributed by atoms with van der Waals surface area (Å²) in [5.41, 5.74) is 8.72. The van der Waals surface area contributed by atoms with Crippen LogP contribution in [0.3, 0.4) is 0 Å². The molecule has 1 saturated heterocycles. The Bertz CT molecular complexity index is 703. The first-order valence-corrected chi connectivity index (χ1v) is 9.95. The summed E-state index contributed by atoms with van der Waals surface area (Å²) in [7, 11) is 0. The molecule has 0 spiro atoms. The van der Waals surface area contributed by atoms with Gasteiger partial charge in [-0.15, -0.1) is 0 Å². The molecule has 0 unspecified atom stereocenters. The van der Waals surface area contributed by atoms with Crippen LogP contribution in [0.1, 0.15) is 53.1 Å². The molecule has 2 aromatic carbocycles. The summed E-state index contributed by atoms with van der Waals surface area (Å²) in [4.78, 5) is 13.2. The van der Waals surface area contributed by atoms with Crippen LogP contribution in [0.5, 0.6) is 0 Å². The number of hydrogen-bond donors (Lipinski definition) is 2. The summed E-state index contributed by atoms with van der Waals surface area (Å²) in [6, 6.07) is 17.9. The van der Waals surface area contributed by atoms with Crippen molar-refractivity contribution >= 4 is 5.97 Å². The van der Waals surface area contributed by atoms with Crippen LogP contribution in [0.4, 0.5) is 0 Å². The first-order valence-electron chi connectivity index (χ1n) is 9.95. The van der Waals surface area contributed by atoms with E-state index in [1.165, 1.54) is 36.8 Å². The summed E-state index contributed by atoms with van der Waals surface area (Å²) < 4.78 is 0. The zero-order chi connectivity index (χ0) is 19.1. The second-order valence-electron chi connectivity index (χ2n) is 7.64. The lowest BCUT2D eigenvalue weighted by Gasteiger charge is -2.31. The van der Waals surface area contributed by atoms with Crippen molar-refractivity contribution < 1.29 is 9.90 Å². The van der Waals surface area contributed by atoms with Gasteiger partial charge in [-0.1, -0.05) is 42.5 Å². The molecule has 0 aromatic heterocycles. The first kappa shape index (κ1) is 19.6. The lowest BCUT2D eigenvalue weighted by Crippen LogP contribution is -2.35. The van der Waals surface area contributed by atoms with E-state index in [2.05, 4.69) is 35.2 Å². The number of aromatic carboxylic acids is 1. The highest BCUT2D eigenvalue weighted by Crippen LogP contribution is 2.39. The Morgan fingerprint density at radius 3 is 2.11 bits per heavy atom. The van der Waals surface area contributed by atoms with Gasteiger partial charge < -0.3 is 10.8 Å². The Morgan fingerprint density at radius 1 is 0.963 bits per heavy atom. The number of carboxylic acids is 1. The van der Waals surface area contributed by atoms with E-state index >= 15 is 0 Å². The lowest BCUT2D eigenvalue weighted by atomic mass is 9.97. The van der Waals surface area contributed by atoms with Crippen molar-refractivity contribution in [2.75, 3.05) is 19.6 Å². The Kier molecular flexibility index (Phi) is 7.02. The maximum atomic E-state index is 10.7. The molecule has 3 N–H and O–H groups in total. The van der Waals surface area contributed by atoms with Gasteiger partial charge in [0.05, 0.1) is 5.56 Å². The lowest BCUT2D eigenvalue weighted by molar-refractivity contribution is 0.0697. The van der Waals surface area contributed by atoms with E-state index < -0.39 is 5.97 Å². The minimum Gasteiger partial charge on any atom is -0.478 e. The number of rotatable bonds is 5. The maximum Gasteiger partial charge on any atom is 0.335 e. The number of hydrogen-bond acceptors (Lipinski definition) is 3. The summed E-state index contributed by atoms with van der Waals surface area (Å²) in [5, 5.41) is 8.83. The standard InChI is InChI=1S/C14H20N2O2.C9H10/c15-9-11-5-7-16(8-6-11)10-12-1-3-13(4-2-12)14(17)18;1-2-4-8(5-3-1)9-6-7-9/h1-4,11H,5-10,15H2,(H,17,18);1-5,9H,6-7H2. The second-order valence-corrected chi connectivity index (χ2v) is 7.64. The van der Waals surface area contributed by atoms with E-state index in [1.54, 1.807) is 12.1 Å². The van der Waals surface area contributed by atoms with Crippen molar-refractivity contribution in [1.29, 1.82) is 0 Å². The number of likely N-dealkylation sites (tertiary alicyclic amines) is 1. The largest absolute Gasteiger partial charge is 0.478 e. The van der Waals surface area contributed by atoms with Gasteiger partial charge in [0.1, 0.15) is 0 Å². The third-order valence-corrected chi connectivity index (χ3v) is 5.50. The second kappa shape index (κ2) is 9.67. The van der Waals surface area contributed by atoms with Gasteiger partial charge in [-0.05, 0) is 80.4 Å². The van der Waals surface area contributed by atoms with Gasteiger partial charge in [-0.3, -0.25) is 4.90 Å². The van der Waals surface area contributed by atoms with Gasteiger partial charge in [0.15, 0.2) is 0 Å². The van der Waals surface area contributed by atoms with Crippen molar-refractivity contribution in [1.82, 2.24) is 4.90 Å². The number of piperidine rings is 1. The smallest absolute Gasteiger partial charge is 0.335 e. The molecule has 4 heteroatoms. The molecule has 0 amide bonds. The van der Waals surface area contributed by atoms with Gasteiger partial charge in [0, 0.05) is 6.54 Å². The molecule has 0 bridgehead atoms. The fourth-order valence-electron chi connectivity index (χ4n) is 3.53.